The Morgan fingerprint density at radius 2 is 2.06 bits per heavy atom. The third-order valence-electron chi connectivity index (χ3n) is 1.83. The van der Waals surface area contributed by atoms with Gasteiger partial charge in [0.1, 0.15) is 10.7 Å². The lowest BCUT2D eigenvalue weighted by Gasteiger charge is -2.07. The standard InChI is InChI=1S/C9H7F3N4S/c10-9(11,12)6-1-2-14-8(16-6)15-5-7-13-3-4-17-7/h1-4H,5H2,(H,14,15,16). The van der Waals surface area contributed by atoms with Gasteiger partial charge < -0.3 is 5.32 Å². The van der Waals surface area contributed by atoms with E-state index < -0.39 is 11.9 Å². The number of nitrogens with one attached hydrogen (secondary N) is 1. The minimum Gasteiger partial charge on any atom is -0.348 e. The number of alkyl halides is 3. The van der Waals surface area contributed by atoms with Crippen LogP contribution in [0.2, 0.25) is 0 Å². The second kappa shape index (κ2) is 4.66. The molecule has 0 atom stereocenters. The van der Waals surface area contributed by atoms with Gasteiger partial charge in [-0.2, -0.15) is 13.2 Å². The number of anilines is 1. The van der Waals surface area contributed by atoms with Crippen molar-refractivity contribution in [3.05, 3.63) is 34.5 Å². The predicted octanol–water partition coefficient (Wildman–Crippen LogP) is 2.56. The first-order chi connectivity index (χ1) is 8.05. The largest absolute Gasteiger partial charge is 0.433 e. The van der Waals surface area contributed by atoms with Gasteiger partial charge in [0.15, 0.2) is 0 Å². The molecule has 0 fully saturated rings. The molecule has 0 aliphatic carbocycles. The van der Waals surface area contributed by atoms with E-state index in [0.717, 1.165) is 17.3 Å². The zero-order valence-corrected chi connectivity index (χ0v) is 9.22. The van der Waals surface area contributed by atoms with Gasteiger partial charge >= 0.3 is 6.18 Å². The quantitative estimate of drug-likeness (QED) is 0.921. The Morgan fingerprint density at radius 3 is 2.71 bits per heavy atom. The highest BCUT2D eigenvalue weighted by molar-refractivity contribution is 7.09. The molecule has 0 saturated heterocycles. The predicted molar refractivity (Wildman–Crippen MR) is 56.5 cm³/mol. The van der Waals surface area contributed by atoms with E-state index in [2.05, 4.69) is 20.3 Å². The lowest BCUT2D eigenvalue weighted by atomic mass is 10.4. The Hall–Kier alpha value is -1.70. The van der Waals surface area contributed by atoms with E-state index in [-0.39, 0.29) is 5.95 Å². The number of aromatic nitrogens is 3. The van der Waals surface area contributed by atoms with Gasteiger partial charge in [-0.25, -0.2) is 15.0 Å². The highest BCUT2D eigenvalue weighted by Gasteiger charge is 2.32. The van der Waals surface area contributed by atoms with Gasteiger partial charge in [0, 0.05) is 17.8 Å². The number of hydrogen-bond acceptors (Lipinski definition) is 5. The van der Waals surface area contributed by atoms with Gasteiger partial charge in [0.2, 0.25) is 5.95 Å². The van der Waals surface area contributed by atoms with Crippen molar-refractivity contribution in [2.75, 3.05) is 5.32 Å². The van der Waals surface area contributed by atoms with Crippen LogP contribution < -0.4 is 5.32 Å². The molecular formula is C9H7F3N4S. The maximum Gasteiger partial charge on any atom is 0.433 e. The summed E-state index contributed by atoms with van der Waals surface area (Å²) in [5.74, 6) is -0.0602. The average Bonchev–Trinajstić information content (AvgIpc) is 2.78. The lowest BCUT2D eigenvalue weighted by Crippen LogP contribution is -2.11. The van der Waals surface area contributed by atoms with Crippen molar-refractivity contribution in [3.63, 3.8) is 0 Å². The van der Waals surface area contributed by atoms with E-state index in [1.165, 1.54) is 11.3 Å². The highest BCUT2D eigenvalue weighted by Crippen LogP contribution is 2.27. The molecule has 0 aliphatic rings. The maximum absolute atomic E-state index is 12.4. The van der Waals surface area contributed by atoms with Crippen molar-refractivity contribution in [1.82, 2.24) is 15.0 Å². The van der Waals surface area contributed by atoms with Gasteiger partial charge in [-0.1, -0.05) is 0 Å². The first kappa shape index (κ1) is 11.8. The van der Waals surface area contributed by atoms with Crippen molar-refractivity contribution < 1.29 is 13.2 Å². The van der Waals surface area contributed by atoms with Crippen LogP contribution in [0.4, 0.5) is 19.1 Å². The topological polar surface area (TPSA) is 50.7 Å². The van der Waals surface area contributed by atoms with Crippen LogP contribution in [0.15, 0.2) is 23.8 Å². The number of thiazole rings is 1. The lowest BCUT2D eigenvalue weighted by molar-refractivity contribution is -0.141. The molecule has 2 rings (SSSR count). The summed E-state index contributed by atoms with van der Waals surface area (Å²) >= 11 is 1.40. The first-order valence-corrected chi connectivity index (χ1v) is 5.46. The minimum atomic E-state index is -4.46. The zero-order chi connectivity index (χ0) is 12.3. The summed E-state index contributed by atoms with van der Waals surface area (Å²) in [6, 6.07) is 0.828. The van der Waals surface area contributed by atoms with Crippen LogP contribution in [-0.2, 0) is 12.7 Å². The normalized spacial score (nSPS) is 11.5. The fourth-order valence-electron chi connectivity index (χ4n) is 1.10. The third kappa shape index (κ3) is 3.13. The Labute approximate surface area is 98.6 Å². The molecule has 0 spiro atoms. The minimum absolute atomic E-state index is 0.0602. The fraction of sp³-hybridized carbons (Fsp3) is 0.222. The van der Waals surface area contributed by atoms with Crippen molar-refractivity contribution >= 4 is 17.3 Å². The molecular weight excluding hydrogens is 253 g/mol. The van der Waals surface area contributed by atoms with Crippen molar-refractivity contribution in [3.8, 4) is 0 Å². The van der Waals surface area contributed by atoms with Crippen LogP contribution in [0, 0.1) is 0 Å². The molecule has 0 amide bonds. The van der Waals surface area contributed by atoms with E-state index in [4.69, 9.17) is 0 Å². The molecule has 4 nitrogen and oxygen atoms in total. The van der Waals surface area contributed by atoms with Gasteiger partial charge in [-0.3, -0.25) is 0 Å². The van der Waals surface area contributed by atoms with Crippen molar-refractivity contribution in [1.29, 1.82) is 0 Å². The van der Waals surface area contributed by atoms with Crippen LogP contribution in [0.1, 0.15) is 10.7 Å². The van der Waals surface area contributed by atoms with Gasteiger partial charge in [0.05, 0.1) is 6.54 Å². The maximum atomic E-state index is 12.4. The van der Waals surface area contributed by atoms with Crippen LogP contribution in [0.25, 0.3) is 0 Å². The number of nitrogens with zero attached hydrogens (tertiary/aromatic N) is 3. The monoisotopic (exact) mass is 260 g/mol. The van der Waals surface area contributed by atoms with E-state index in [0.29, 0.717) is 6.54 Å². The smallest absolute Gasteiger partial charge is 0.348 e. The molecule has 90 valence electrons. The summed E-state index contributed by atoms with van der Waals surface area (Å²) in [5, 5.41) is 5.22. The molecule has 2 heterocycles. The fourth-order valence-corrected chi connectivity index (χ4v) is 1.65. The Kier molecular flexibility index (Phi) is 3.23. The van der Waals surface area contributed by atoms with E-state index >= 15 is 0 Å². The van der Waals surface area contributed by atoms with E-state index in [9.17, 15) is 13.2 Å². The summed E-state index contributed by atoms with van der Waals surface area (Å²) in [5.41, 5.74) is -0.964. The Balaban J connectivity index is 2.07. The van der Waals surface area contributed by atoms with Gasteiger partial charge in [0.25, 0.3) is 0 Å². The molecule has 0 aromatic carbocycles. The molecule has 1 N–H and O–H groups in total. The van der Waals surface area contributed by atoms with Crippen LogP contribution in [0.5, 0.6) is 0 Å². The zero-order valence-electron chi connectivity index (χ0n) is 8.40. The molecule has 17 heavy (non-hydrogen) atoms. The molecule has 2 aromatic heterocycles. The summed E-state index contributed by atoms with van der Waals surface area (Å²) < 4.78 is 37.1. The first-order valence-electron chi connectivity index (χ1n) is 4.58. The molecule has 2 aromatic rings. The average molecular weight is 260 g/mol. The number of rotatable bonds is 3. The van der Waals surface area contributed by atoms with Crippen LogP contribution in [-0.4, -0.2) is 15.0 Å². The summed E-state index contributed by atoms with van der Waals surface area (Å²) in [6.45, 7) is 0.305. The van der Waals surface area contributed by atoms with E-state index in [1.54, 1.807) is 11.6 Å². The second-order valence-corrected chi connectivity index (χ2v) is 4.02. The van der Waals surface area contributed by atoms with Crippen molar-refractivity contribution in [2.45, 2.75) is 12.7 Å². The molecule has 0 aliphatic heterocycles. The highest BCUT2D eigenvalue weighted by atomic mass is 32.1. The third-order valence-corrected chi connectivity index (χ3v) is 2.61. The summed E-state index contributed by atoms with van der Waals surface area (Å²) in [7, 11) is 0. The number of hydrogen-bond donors (Lipinski definition) is 1. The SMILES string of the molecule is FC(F)(F)c1ccnc(NCc2nccs2)n1. The Morgan fingerprint density at radius 1 is 1.24 bits per heavy atom. The van der Waals surface area contributed by atoms with Gasteiger partial charge in [-0.15, -0.1) is 11.3 Å². The van der Waals surface area contributed by atoms with Gasteiger partial charge in [-0.05, 0) is 6.07 Å². The van der Waals surface area contributed by atoms with Crippen molar-refractivity contribution in [2.24, 2.45) is 0 Å². The molecule has 0 radical (unpaired) electrons. The summed E-state index contributed by atoms with van der Waals surface area (Å²) in [4.78, 5) is 11.1. The molecule has 0 bridgehead atoms. The van der Waals surface area contributed by atoms with E-state index in [1.807, 2.05) is 0 Å². The van der Waals surface area contributed by atoms with Crippen LogP contribution >= 0.6 is 11.3 Å². The molecule has 0 saturated carbocycles. The molecule has 8 heteroatoms. The summed E-state index contributed by atoms with van der Waals surface area (Å²) in [6.07, 6.45) is -1.77. The van der Waals surface area contributed by atoms with Crippen LogP contribution in [0.3, 0.4) is 0 Å². The Bertz CT molecular complexity index is 483. The second-order valence-electron chi connectivity index (χ2n) is 3.04. The molecule has 0 unspecified atom stereocenters. The number of halogens is 3.